The van der Waals surface area contributed by atoms with Gasteiger partial charge in [-0.2, -0.15) is 0 Å². The first-order valence-corrected chi connectivity index (χ1v) is 4.80. The van der Waals surface area contributed by atoms with Crippen molar-refractivity contribution in [2.75, 3.05) is 13.7 Å². The van der Waals surface area contributed by atoms with E-state index >= 15 is 0 Å². The van der Waals surface area contributed by atoms with E-state index in [1.165, 1.54) is 0 Å². The van der Waals surface area contributed by atoms with Crippen LogP contribution >= 0.6 is 0 Å². The van der Waals surface area contributed by atoms with E-state index in [9.17, 15) is 5.11 Å². The zero-order valence-electron chi connectivity index (χ0n) is 8.19. The van der Waals surface area contributed by atoms with Gasteiger partial charge in [0.2, 0.25) is 0 Å². The first kappa shape index (κ1) is 9.34. The Hall–Kier alpha value is -1.22. The molecule has 1 heterocycles. The summed E-state index contributed by atoms with van der Waals surface area (Å²) in [6.45, 7) is 0.643. The number of aliphatic hydroxyl groups is 1. The normalized spacial score (nSPS) is 20.6. The van der Waals surface area contributed by atoms with Gasteiger partial charge in [0, 0.05) is 5.56 Å². The molecule has 0 bridgehead atoms. The van der Waals surface area contributed by atoms with Crippen LogP contribution in [0.4, 0.5) is 0 Å². The predicted octanol–water partition coefficient (Wildman–Crippen LogP) is 1.90. The Morgan fingerprint density at radius 3 is 3.14 bits per heavy atom. The van der Waals surface area contributed by atoms with Gasteiger partial charge in [-0.05, 0) is 18.9 Å². The molecule has 0 amide bonds. The molecule has 0 spiro atoms. The molecule has 1 aliphatic rings. The van der Waals surface area contributed by atoms with E-state index in [4.69, 9.17) is 9.47 Å². The minimum atomic E-state index is -0.428. The van der Waals surface area contributed by atoms with Gasteiger partial charge in [-0.1, -0.05) is 12.1 Å². The molecule has 1 aliphatic heterocycles. The molecule has 3 heteroatoms. The Morgan fingerprint density at radius 2 is 2.36 bits per heavy atom. The second-order valence-electron chi connectivity index (χ2n) is 3.39. The van der Waals surface area contributed by atoms with Crippen LogP contribution in [0.15, 0.2) is 18.2 Å². The third-order valence-electron chi connectivity index (χ3n) is 2.46. The summed E-state index contributed by atoms with van der Waals surface area (Å²) in [6, 6.07) is 5.60. The van der Waals surface area contributed by atoms with Crippen molar-refractivity contribution in [3.63, 3.8) is 0 Å². The molecule has 0 aliphatic carbocycles. The number of rotatable bonds is 1. The highest BCUT2D eigenvalue weighted by molar-refractivity contribution is 5.48. The molecule has 0 aromatic heterocycles. The molecule has 0 saturated carbocycles. The smallest absolute Gasteiger partial charge is 0.166 e. The monoisotopic (exact) mass is 194 g/mol. The van der Waals surface area contributed by atoms with E-state index in [-0.39, 0.29) is 0 Å². The molecule has 0 fully saturated rings. The molecule has 3 nitrogen and oxygen atoms in total. The highest BCUT2D eigenvalue weighted by atomic mass is 16.5. The molecule has 2 rings (SSSR count). The van der Waals surface area contributed by atoms with E-state index in [0.717, 1.165) is 18.4 Å². The zero-order chi connectivity index (χ0) is 9.97. The molecule has 0 saturated heterocycles. The topological polar surface area (TPSA) is 38.7 Å². The Morgan fingerprint density at radius 1 is 1.50 bits per heavy atom. The van der Waals surface area contributed by atoms with Crippen LogP contribution in [0, 0.1) is 0 Å². The summed E-state index contributed by atoms with van der Waals surface area (Å²) in [5.41, 5.74) is 0.835. The lowest BCUT2D eigenvalue weighted by atomic mass is 10.0. The average Bonchev–Trinajstić information content (AvgIpc) is 2.41. The van der Waals surface area contributed by atoms with Gasteiger partial charge >= 0.3 is 0 Å². The van der Waals surface area contributed by atoms with Crippen LogP contribution in [0.5, 0.6) is 11.5 Å². The van der Waals surface area contributed by atoms with Gasteiger partial charge in [-0.15, -0.1) is 0 Å². The van der Waals surface area contributed by atoms with Gasteiger partial charge in [0.15, 0.2) is 11.5 Å². The molecule has 0 unspecified atom stereocenters. The summed E-state index contributed by atoms with van der Waals surface area (Å²) >= 11 is 0. The molecule has 1 atom stereocenters. The van der Waals surface area contributed by atoms with Crippen LogP contribution in [-0.4, -0.2) is 18.8 Å². The maximum atomic E-state index is 9.83. The highest BCUT2D eigenvalue weighted by Crippen LogP contribution is 2.38. The van der Waals surface area contributed by atoms with E-state index in [2.05, 4.69) is 0 Å². The van der Waals surface area contributed by atoms with Crippen LogP contribution in [0.2, 0.25) is 0 Å². The minimum absolute atomic E-state index is 0.428. The van der Waals surface area contributed by atoms with Crippen LogP contribution in [0.3, 0.4) is 0 Å². The quantitative estimate of drug-likeness (QED) is 0.742. The molecule has 0 radical (unpaired) electrons. The molecule has 1 aromatic carbocycles. The predicted molar refractivity (Wildman–Crippen MR) is 52.7 cm³/mol. The summed E-state index contributed by atoms with van der Waals surface area (Å²) < 4.78 is 10.7. The van der Waals surface area contributed by atoms with Crippen molar-refractivity contribution < 1.29 is 14.6 Å². The number of hydrogen-bond donors (Lipinski definition) is 1. The number of fused-ring (bicyclic) bond motifs is 1. The SMILES string of the molecule is COc1cccc2c1OCCC[C@H]2O. The van der Waals surface area contributed by atoms with Crippen molar-refractivity contribution in [3.05, 3.63) is 23.8 Å². The Balaban J connectivity index is 2.46. The zero-order valence-corrected chi connectivity index (χ0v) is 8.19. The number of benzene rings is 1. The summed E-state index contributed by atoms with van der Waals surface area (Å²) in [5, 5.41) is 9.83. The lowest BCUT2D eigenvalue weighted by Gasteiger charge is -2.13. The van der Waals surface area contributed by atoms with E-state index in [0.29, 0.717) is 18.1 Å². The number of para-hydroxylation sites is 1. The lowest BCUT2D eigenvalue weighted by molar-refractivity contribution is 0.167. The van der Waals surface area contributed by atoms with Crippen molar-refractivity contribution >= 4 is 0 Å². The van der Waals surface area contributed by atoms with Gasteiger partial charge < -0.3 is 14.6 Å². The summed E-state index contributed by atoms with van der Waals surface area (Å²) in [7, 11) is 1.61. The summed E-state index contributed by atoms with van der Waals surface area (Å²) in [4.78, 5) is 0. The maximum absolute atomic E-state index is 9.83. The standard InChI is InChI=1S/C11H14O3/c1-13-10-6-2-4-8-9(12)5-3-7-14-11(8)10/h2,4,6,9,12H,3,5,7H2,1H3/t9-/m1/s1. The first-order valence-electron chi connectivity index (χ1n) is 4.80. The fraction of sp³-hybridized carbons (Fsp3) is 0.455. The van der Waals surface area contributed by atoms with Crippen LogP contribution < -0.4 is 9.47 Å². The van der Waals surface area contributed by atoms with Crippen molar-refractivity contribution in [1.82, 2.24) is 0 Å². The highest BCUT2D eigenvalue weighted by Gasteiger charge is 2.20. The largest absolute Gasteiger partial charge is 0.493 e. The number of hydrogen-bond acceptors (Lipinski definition) is 3. The molecular weight excluding hydrogens is 180 g/mol. The minimum Gasteiger partial charge on any atom is -0.493 e. The molecule has 76 valence electrons. The van der Waals surface area contributed by atoms with Crippen LogP contribution in [0.1, 0.15) is 24.5 Å². The fourth-order valence-corrected chi connectivity index (χ4v) is 1.72. The molecule has 1 aromatic rings. The summed E-state index contributed by atoms with van der Waals surface area (Å²) in [6.07, 6.45) is 1.20. The van der Waals surface area contributed by atoms with Crippen molar-refractivity contribution in [3.8, 4) is 11.5 Å². The van der Waals surface area contributed by atoms with Crippen LogP contribution in [0.25, 0.3) is 0 Å². The number of methoxy groups -OCH3 is 1. The second kappa shape index (κ2) is 3.88. The second-order valence-corrected chi connectivity index (χ2v) is 3.39. The van der Waals surface area contributed by atoms with Gasteiger partial charge in [-0.25, -0.2) is 0 Å². The molecule has 1 N–H and O–H groups in total. The van der Waals surface area contributed by atoms with E-state index < -0.39 is 6.10 Å². The third-order valence-corrected chi connectivity index (χ3v) is 2.46. The van der Waals surface area contributed by atoms with Crippen molar-refractivity contribution in [1.29, 1.82) is 0 Å². The third kappa shape index (κ3) is 1.55. The van der Waals surface area contributed by atoms with E-state index in [1.807, 2.05) is 18.2 Å². The van der Waals surface area contributed by atoms with Crippen LogP contribution in [-0.2, 0) is 0 Å². The lowest BCUT2D eigenvalue weighted by Crippen LogP contribution is -1.98. The average molecular weight is 194 g/mol. The Kier molecular flexibility index (Phi) is 2.59. The Labute approximate surface area is 83.3 Å². The van der Waals surface area contributed by atoms with E-state index in [1.54, 1.807) is 7.11 Å². The van der Waals surface area contributed by atoms with Gasteiger partial charge in [0.05, 0.1) is 19.8 Å². The van der Waals surface area contributed by atoms with Gasteiger partial charge in [-0.3, -0.25) is 0 Å². The van der Waals surface area contributed by atoms with Crippen molar-refractivity contribution in [2.24, 2.45) is 0 Å². The number of ether oxygens (including phenoxy) is 2. The molecular formula is C11H14O3. The molecule has 14 heavy (non-hydrogen) atoms. The Bertz CT molecular complexity index is 322. The number of aliphatic hydroxyl groups excluding tert-OH is 1. The first-order chi connectivity index (χ1) is 6.83. The summed E-state index contributed by atoms with van der Waals surface area (Å²) in [5.74, 6) is 1.39. The van der Waals surface area contributed by atoms with Crippen molar-refractivity contribution in [2.45, 2.75) is 18.9 Å². The van der Waals surface area contributed by atoms with Gasteiger partial charge in [0.25, 0.3) is 0 Å². The van der Waals surface area contributed by atoms with Gasteiger partial charge in [0.1, 0.15) is 0 Å². The fourth-order valence-electron chi connectivity index (χ4n) is 1.72. The maximum Gasteiger partial charge on any atom is 0.166 e.